The van der Waals surface area contributed by atoms with Gasteiger partial charge < -0.3 is 10.2 Å². The second-order valence-electron chi connectivity index (χ2n) is 5.65. The zero-order valence-corrected chi connectivity index (χ0v) is 13.1. The van der Waals surface area contributed by atoms with Crippen LogP contribution >= 0.6 is 11.3 Å². The number of amides is 1. The number of nitrogens with zero attached hydrogens (tertiary/aromatic N) is 1. The molecule has 0 spiro atoms. The highest BCUT2D eigenvalue weighted by molar-refractivity contribution is 7.12. The number of aryl methyl sites for hydroxylation is 1. The van der Waals surface area contributed by atoms with Gasteiger partial charge in [-0.15, -0.1) is 11.3 Å². The van der Waals surface area contributed by atoms with Gasteiger partial charge in [-0.05, 0) is 52.3 Å². The van der Waals surface area contributed by atoms with Crippen LogP contribution in [0.3, 0.4) is 0 Å². The molecule has 2 rings (SSSR count). The highest BCUT2D eigenvalue weighted by Crippen LogP contribution is 2.29. The van der Waals surface area contributed by atoms with Crippen LogP contribution in [0.4, 0.5) is 0 Å². The van der Waals surface area contributed by atoms with Gasteiger partial charge in [0.25, 0.3) is 0 Å². The average Bonchev–Trinajstić information content (AvgIpc) is 2.83. The molecule has 1 amide bonds. The largest absolute Gasteiger partial charge is 0.338 e. The van der Waals surface area contributed by atoms with Gasteiger partial charge in [0.15, 0.2) is 0 Å². The van der Waals surface area contributed by atoms with Gasteiger partial charge in [0.2, 0.25) is 5.91 Å². The van der Waals surface area contributed by atoms with Crippen molar-refractivity contribution in [1.82, 2.24) is 10.2 Å². The molecule has 19 heavy (non-hydrogen) atoms. The first-order valence-corrected chi connectivity index (χ1v) is 7.87. The van der Waals surface area contributed by atoms with Crippen molar-refractivity contribution in [3.63, 3.8) is 0 Å². The van der Waals surface area contributed by atoms with E-state index in [4.69, 9.17) is 0 Å². The Kier molecular flexibility index (Phi) is 4.63. The van der Waals surface area contributed by atoms with E-state index >= 15 is 0 Å². The Morgan fingerprint density at radius 1 is 1.53 bits per heavy atom. The summed E-state index contributed by atoms with van der Waals surface area (Å²) in [6.45, 7) is 7.34. The van der Waals surface area contributed by atoms with Crippen LogP contribution in [0, 0.1) is 12.8 Å². The molecule has 0 bridgehead atoms. The van der Waals surface area contributed by atoms with Crippen LogP contribution in [0.1, 0.15) is 42.5 Å². The Morgan fingerprint density at radius 2 is 2.26 bits per heavy atom. The third kappa shape index (κ3) is 3.37. The molecule has 3 atom stereocenters. The number of hydrogen-bond acceptors (Lipinski definition) is 3. The van der Waals surface area contributed by atoms with Crippen LogP contribution in [0.5, 0.6) is 0 Å². The van der Waals surface area contributed by atoms with Crippen molar-refractivity contribution in [3.05, 3.63) is 21.9 Å². The molecule has 1 aromatic rings. The highest BCUT2D eigenvalue weighted by atomic mass is 32.1. The number of rotatable bonds is 3. The van der Waals surface area contributed by atoms with Crippen LogP contribution in [-0.2, 0) is 4.79 Å². The summed E-state index contributed by atoms with van der Waals surface area (Å²) in [6.07, 6.45) is 1.92. The van der Waals surface area contributed by atoms with Crippen LogP contribution in [-0.4, -0.2) is 30.4 Å². The summed E-state index contributed by atoms with van der Waals surface area (Å²) in [6, 6.07) is 4.90. The summed E-state index contributed by atoms with van der Waals surface area (Å²) in [5.41, 5.74) is 0. The zero-order valence-electron chi connectivity index (χ0n) is 12.3. The second-order valence-corrected chi connectivity index (χ2v) is 6.97. The summed E-state index contributed by atoms with van der Waals surface area (Å²) in [5, 5.41) is 3.40. The topological polar surface area (TPSA) is 32.3 Å². The molecule has 0 aromatic carbocycles. The lowest BCUT2D eigenvalue weighted by atomic mass is 9.91. The fourth-order valence-corrected chi connectivity index (χ4v) is 3.68. The molecule has 106 valence electrons. The molecule has 0 radical (unpaired) electrons. The molecule has 0 saturated carbocycles. The molecule has 3 unspecified atom stereocenters. The van der Waals surface area contributed by atoms with Crippen LogP contribution in [0.25, 0.3) is 0 Å². The minimum atomic E-state index is 0.177. The van der Waals surface area contributed by atoms with Crippen molar-refractivity contribution in [2.24, 2.45) is 5.92 Å². The number of carbonyl (C=O) groups is 1. The van der Waals surface area contributed by atoms with Gasteiger partial charge >= 0.3 is 0 Å². The molecule has 1 saturated heterocycles. The minimum Gasteiger partial charge on any atom is -0.338 e. The first-order chi connectivity index (χ1) is 8.99. The van der Waals surface area contributed by atoms with E-state index in [9.17, 15) is 4.79 Å². The van der Waals surface area contributed by atoms with Gasteiger partial charge in [-0.1, -0.05) is 0 Å². The van der Waals surface area contributed by atoms with E-state index in [0.29, 0.717) is 11.9 Å². The van der Waals surface area contributed by atoms with E-state index in [1.165, 1.54) is 9.75 Å². The number of piperidine rings is 1. The number of hydrogen-bond donors (Lipinski definition) is 1. The molecule has 2 heterocycles. The van der Waals surface area contributed by atoms with E-state index in [1.54, 1.807) is 11.3 Å². The van der Waals surface area contributed by atoms with Crippen molar-refractivity contribution >= 4 is 17.2 Å². The molecular formula is C15H24N2OS. The normalized spacial score (nSPS) is 25.1. The third-order valence-electron chi connectivity index (χ3n) is 4.07. The first kappa shape index (κ1) is 14.5. The van der Waals surface area contributed by atoms with Gasteiger partial charge in [0.1, 0.15) is 0 Å². The molecule has 1 N–H and O–H groups in total. The predicted octanol–water partition coefficient (Wildman–Crippen LogP) is 2.96. The quantitative estimate of drug-likeness (QED) is 0.923. The lowest BCUT2D eigenvalue weighted by molar-refractivity contribution is -0.137. The molecule has 1 aromatic heterocycles. The predicted molar refractivity (Wildman–Crippen MR) is 80.4 cm³/mol. The lowest BCUT2D eigenvalue weighted by Gasteiger charge is -2.32. The van der Waals surface area contributed by atoms with Crippen molar-refractivity contribution in [3.8, 4) is 0 Å². The summed E-state index contributed by atoms with van der Waals surface area (Å²) >= 11 is 1.78. The Labute approximate surface area is 120 Å². The summed E-state index contributed by atoms with van der Waals surface area (Å²) in [7, 11) is 1.94. The molecule has 1 aliphatic rings. The summed E-state index contributed by atoms with van der Waals surface area (Å²) in [4.78, 5) is 17.1. The SMILES string of the molecule is Cc1ccc(C(C)N(C)C(=O)C2CCNC(C)C2)s1. The number of nitrogens with one attached hydrogen (secondary N) is 1. The molecule has 3 nitrogen and oxygen atoms in total. The van der Waals surface area contributed by atoms with E-state index in [2.05, 4.69) is 38.2 Å². The smallest absolute Gasteiger partial charge is 0.226 e. The van der Waals surface area contributed by atoms with Crippen molar-refractivity contribution in [2.75, 3.05) is 13.6 Å². The number of carbonyl (C=O) groups excluding carboxylic acids is 1. The molecule has 1 fully saturated rings. The van der Waals surface area contributed by atoms with Gasteiger partial charge in [0.05, 0.1) is 6.04 Å². The van der Waals surface area contributed by atoms with Crippen LogP contribution in [0.15, 0.2) is 12.1 Å². The fraction of sp³-hybridized carbons (Fsp3) is 0.667. The number of thiophene rings is 1. The van der Waals surface area contributed by atoms with E-state index < -0.39 is 0 Å². The zero-order chi connectivity index (χ0) is 14.0. The second kappa shape index (κ2) is 6.06. The maximum absolute atomic E-state index is 12.6. The Hall–Kier alpha value is -0.870. The maximum atomic E-state index is 12.6. The van der Waals surface area contributed by atoms with Gasteiger partial charge in [-0.2, -0.15) is 0 Å². The summed E-state index contributed by atoms with van der Waals surface area (Å²) < 4.78 is 0. The lowest BCUT2D eigenvalue weighted by Crippen LogP contribution is -2.43. The highest BCUT2D eigenvalue weighted by Gasteiger charge is 2.29. The third-order valence-corrected chi connectivity index (χ3v) is 5.25. The molecule has 1 aliphatic heterocycles. The Morgan fingerprint density at radius 3 is 2.84 bits per heavy atom. The van der Waals surface area contributed by atoms with Gasteiger partial charge in [0, 0.05) is 28.8 Å². The van der Waals surface area contributed by atoms with E-state index in [1.807, 2.05) is 11.9 Å². The fourth-order valence-electron chi connectivity index (χ4n) is 2.70. The monoisotopic (exact) mass is 280 g/mol. The van der Waals surface area contributed by atoms with Gasteiger partial charge in [-0.25, -0.2) is 0 Å². The average molecular weight is 280 g/mol. The van der Waals surface area contributed by atoms with E-state index in [-0.39, 0.29) is 12.0 Å². The van der Waals surface area contributed by atoms with Crippen molar-refractivity contribution in [2.45, 2.75) is 45.7 Å². The standard InChI is InChI=1S/C15H24N2OS/c1-10-9-13(7-8-16-10)15(18)17(4)12(3)14-6-5-11(2)19-14/h5-6,10,12-13,16H,7-9H2,1-4H3. The Bertz CT molecular complexity index is 443. The minimum absolute atomic E-state index is 0.177. The molecule has 0 aliphatic carbocycles. The molecular weight excluding hydrogens is 256 g/mol. The van der Waals surface area contributed by atoms with E-state index in [0.717, 1.165) is 19.4 Å². The van der Waals surface area contributed by atoms with Gasteiger partial charge in [-0.3, -0.25) is 4.79 Å². The Balaban J connectivity index is 2.02. The summed E-state index contributed by atoms with van der Waals surface area (Å²) in [5.74, 6) is 0.483. The molecule has 4 heteroatoms. The van der Waals surface area contributed by atoms with Crippen molar-refractivity contribution < 1.29 is 4.79 Å². The van der Waals surface area contributed by atoms with Crippen molar-refractivity contribution in [1.29, 1.82) is 0 Å². The van der Waals surface area contributed by atoms with Crippen LogP contribution in [0.2, 0.25) is 0 Å². The maximum Gasteiger partial charge on any atom is 0.226 e. The van der Waals surface area contributed by atoms with Crippen LogP contribution < -0.4 is 5.32 Å². The first-order valence-electron chi connectivity index (χ1n) is 7.05.